The number of anilines is 1. The largest absolute Gasteiger partial charge is 0.382 e. The van der Waals surface area contributed by atoms with Gasteiger partial charge in [0, 0.05) is 6.20 Å². The second-order valence-corrected chi connectivity index (χ2v) is 4.43. The molecule has 4 N–H and O–H groups in total. The Balaban J connectivity index is 2.66. The van der Waals surface area contributed by atoms with Crippen molar-refractivity contribution in [2.45, 2.75) is 5.16 Å². The van der Waals surface area contributed by atoms with Gasteiger partial charge in [0.2, 0.25) is 0 Å². The van der Waals surface area contributed by atoms with Crippen LogP contribution in [0.5, 0.6) is 0 Å². The van der Waals surface area contributed by atoms with E-state index in [1.165, 1.54) is 6.33 Å². The van der Waals surface area contributed by atoms with E-state index in [0.717, 1.165) is 6.20 Å². The minimum Gasteiger partial charge on any atom is -0.382 e. The van der Waals surface area contributed by atoms with Crippen LogP contribution in [-0.2, 0) is 10.0 Å². The fourth-order valence-corrected chi connectivity index (χ4v) is 1.87. The first kappa shape index (κ1) is 10.4. The molecule has 0 saturated carbocycles. The van der Waals surface area contributed by atoms with Gasteiger partial charge in [0.1, 0.15) is 5.52 Å². The fraction of sp³-hybridized carbons (Fsp3) is 0. The Hall–Kier alpha value is -2.16. The number of H-pyrrole nitrogens is 1. The number of nitrogen functional groups attached to an aromatic ring is 1. The van der Waals surface area contributed by atoms with E-state index in [4.69, 9.17) is 5.73 Å². The van der Waals surface area contributed by atoms with Gasteiger partial charge >= 0.3 is 0 Å². The summed E-state index contributed by atoms with van der Waals surface area (Å²) in [6.07, 6.45) is 2.37. The zero-order chi connectivity index (χ0) is 11.8. The molecule has 0 aromatic carbocycles. The van der Waals surface area contributed by atoms with Crippen LogP contribution in [0.4, 0.5) is 5.82 Å². The summed E-state index contributed by atoms with van der Waals surface area (Å²) in [5, 5.41) is -0.440. The van der Waals surface area contributed by atoms with Gasteiger partial charge in [0.15, 0.2) is 11.5 Å². The second-order valence-electron chi connectivity index (χ2n) is 2.82. The van der Waals surface area contributed by atoms with E-state index in [9.17, 15) is 8.42 Å². The molecule has 0 atom stereocenters. The zero-order valence-electron chi connectivity index (χ0n) is 8.01. The molecule has 0 fully saturated rings. The van der Waals surface area contributed by atoms with E-state index in [-0.39, 0.29) is 11.5 Å². The zero-order valence-corrected chi connectivity index (χ0v) is 8.82. The van der Waals surface area contributed by atoms with E-state index in [0.29, 0.717) is 5.52 Å². The molecule has 0 aliphatic carbocycles. The lowest BCUT2D eigenvalue weighted by Gasteiger charge is -2.02. The Morgan fingerprint density at radius 3 is 2.94 bits per heavy atom. The molecule has 0 spiro atoms. The maximum absolute atomic E-state index is 11.5. The predicted octanol–water partition coefficient (Wildman–Crippen LogP) is -0.643. The molecule has 2 aromatic rings. The Morgan fingerprint density at radius 2 is 2.25 bits per heavy atom. The predicted molar refractivity (Wildman–Crippen MR) is 56.6 cm³/mol. The van der Waals surface area contributed by atoms with Crippen molar-refractivity contribution in [1.29, 1.82) is 0 Å². The Labute approximate surface area is 90.7 Å². The standard InChI is InChI=1S/C7H8N6O2S/c1-2-11-16(14,15)7-12-5(8)4-6(13-7)10-3-9-4/h2-3,11H,1H2,(H3,8,9,10,12,13). The highest BCUT2D eigenvalue weighted by molar-refractivity contribution is 7.89. The van der Waals surface area contributed by atoms with Crippen molar-refractivity contribution in [3.05, 3.63) is 19.1 Å². The quantitative estimate of drug-likeness (QED) is 0.612. The summed E-state index contributed by atoms with van der Waals surface area (Å²) in [4.78, 5) is 13.9. The number of sulfonamides is 1. The van der Waals surface area contributed by atoms with Gasteiger partial charge in [-0.25, -0.2) is 4.98 Å². The minimum atomic E-state index is -3.83. The van der Waals surface area contributed by atoms with E-state index < -0.39 is 15.2 Å². The highest BCUT2D eigenvalue weighted by atomic mass is 32.2. The van der Waals surface area contributed by atoms with Crippen molar-refractivity contribution in [3.8, 4) is 0 Å². The summed E-state index contributed by atoms with van der Waals surface area (Å²) in [5.41, 5.74) is 6.15. The maximum atomic E-state index is 11.5. The number of nitrogens with one attached hydrogen (secondary N) is 2. The highest BCUT2D eigenvalue weighted by Gasteiger charge is 2.18. The van der Waals surface area contributed by atoms with Crippen molar-refractivity contribution >= 4 is 27.0 Å². The lowest BCUT2D eigenvalue weighted by atomic mass is 10.5. The smallest absolute Gasteiger partial charge is 0.297 e. The number of rotatable bonds is 3. The van der Waals surface area contributed by atoms with Gasteiger partial charge in [-0.05, 0) is 0 Å². The molecule has 16 heavy (non-hydrogen) atoms. The van der Waals surface area contributed by atoms with Crippen molar-refractivity contribution in [1.82, 2.24) is 24.7 Å². The molecule has 2 heterocycles. The Bertz CT molecular complexity index is 646. The van der Waals surface area contributed by atoms with Crippen molar-refractivity contribution in [2.75, 3.05) is 5.73 Å². The van der Waals surface area contributed by atoms with Gasteiger partial charge in [-0.2, -0.15) is 18.4 Å². The van der Waals surface area contributed by atoms with E-state index in [2.05, 4.69) is 26.5 Å². The number of fused-ring (bicyclic) bond motifs is 1. The molecule has 8 nitrogen and oxygen atoms in total. The van der Waals surface area contributed by atoms with Crippen molar-refractivity contribution < 1.29 is 8.42 Å². The number of aromatic nitrogens is 4. The van der Waals surface area contributed by atoms with Crippen LogP contribution in [0.2, 0.25) is 0 Å². The maximum Gasteiger partial charge on any atom is 0.297 e. The number of nitrogens with zero attached hydrogens (tertiary/aromatic N) is 3. The molecule has 0 aliphatic heterocycles. The molecule has 0 bridgehead atoms. The van der Waals surface area contributed by atoms with Gasteiger partial charge < -0.3 is 10.7 Å². The third kappa shape index (κ3) is 1.56. The van der Waals surface area contributed by atoms with Crippen LogP contribution in [0.25, 0.3) is 11.2 Å². The van der Waals surface area contributed by atoms with Crippen LogP contribution in [0.3, 0.4) is 0 Å². The number of nitrogens with two attached hydrogens (primary N) is 1. The van der Waals surface area contributed by atoms with Gasteiger partial charge in [0.05, 0.1) is 6.33 Å². The molecule has 0 aliphatic rings. The summed E-state index contributed by atoms with van der Waals surface area (Å²) in [5.74, 6) is 0.0203. The summed E-state index contributed by atoms with van der Waals surface area (Å²) in [6.45, 7) is 3.25. The summed E-state index contributed by atoms with van der Waals surface area (Å²) in [7, 11) is -3.83. The van der Waals surface area contributed by atoms with Gasteiger partial charge in [-0.15, -0.1) is 0 Å². The van der Waals surface area contributed by atoms with Gasteiger partial charge in [0.25, 0.3) is 15.2 Å². The van der Waals surface area contributed by atoms with Gasteiger partial charge in [-0.1, -0.05) is 6.58 Å². The molecular weight excluding hydrogens is 232 g/mol. The lowest BCUT2D eigenvalue weighted by molar-refractivity contribution is 0.582. The van der Waals surface area contributed by atoms with Crippen molar-refractivity contribution in [3.63, 3.8) is 0 Å². The van der Waals surface area contributed by atoms with E-state index >= 15 is 0 Å². The molecule has 0 unspecified atom stereocenters. The van der Waals surface area contributed by atoms with Crippen LogP contribution in [0.15, 0.2) is 24.3 Å². The van der Waals surface area contributed by atoms with Gasteiger partial charge in [-0.3, -0.25) is 4.72 Å². The van der Waals surface area contributed by atoms with Crippen LogP contribution >= 0.6 is 0 Å². The number of hydrogen-bond acceptors (Lipinski definition) is 6. The number of imidazole rings is 1. The normalized spacial score (nSPS) is 11.5. The summed E-state index contributed by atoms with van der Waals surface area (Å²) < 4.78 is 25.1. The molecule has 0 radical (unpaired) electrons. The molecule has 84 valence electrons. The summed E-state index contributed by atoms with van der Waals surface area (Å²) in [6, 6.07) is 0. The van der Waals surface area contributed by atoms with Crippen LogP contribution in [0.1, 0.15) is 0 Å². The van der Waals surface area contributed by atoms with E-state index in [1.54, 1.807) is 0 Å². The molecular formula is C7H8N6O2S. The third-order valence-corrected chi connectivity index (χ3v) is 2.91. The first-order valence-electron chi connectivity index (χ1n) is 4.14. The Kier molecular flexibility index (Phi) is 2.23. The first-order valence-corrected chi connectivity index (χ1v) is 5.63. The minimum absolute atomic E-state index is 0.0203. The molecule has 0 saturated heterocycles. The molecule has 2 rings (SSSR count). The number of hydrogen-bond donors (Lipinski definition) is 3. The average Bonchev–Trinajstić information content (AvgIpc) is 2.65. The van der Waals surface area contributed by atoms with Crippen LogP contribution < -0.4 is 10.5 Å². The fourth-order valence-electron chi connectivity index (χ4n) is 1.12. The Morgan fingerprint density at radius 1 is 1.50 bits per heavy atom. The average molecular weight is 240 g/mol. The highest BCUT2D eigenvalue weighted by Crippen LogP contribution is 2.15. The molecule has 9 heteroatoms. The molecule has 0 amide bonds. The monoisotopic (exact) mass is 240 g/mol. The first-order chi connectivity index (χ1) is 7.54. The molecule has 2 aromatic heterocycles. The van der Waals surface area contributed by atoms with Crippen LogP contribution in [-0.4, -0.2) is 28.4 Å². The number of aromatic amines is 1. The summed E-state index contributed by atoms with van der Waals surface area (Å²) >= 11 is 0. The second kappa shape index (κ2) is 3.45. The SMILES string of the molecule is C=CNS(=O)(=O)c1nc(N)c2[nH]cnc2n1. The lowest BCUT2D eigenvalue weighted by Crippen LogP contribution is -2.20. The van der Waals surface area contributed by atoms with Crippen LogP contribution in [0, 0.1) is 0 Å². The van der Waals surface area contributed by atoms with E-state index in [1.807, 2.05) is 4.72 Å². The topological polar surface area (TPSA) is 127 Å². The third-order valence-electron chi connectivity index (χ3n) is 1.77. The van der Waals surface area contributed by atoms with Crippen molar-refractivity contribution in [2.24, 2.45) is 0 Å².